The second-order valence-electron chi connectivity index (χ2n) is 2.00. The van der Waals surface area contributed by atoms with Gasteiger partial charge in [0.1, 0.15) is 6.34 Å². The van der Waals surface area contributed by atoms with Gasteiger partial charge in [0.15, 0.2) is 0 Å². The maximum absolute atomic E-state index is 11.0. The predicted octanol–water partition coefficient (Wildman–Crippen LogP) is 0.745. The Morgan fingerprint density at radius 3 is 2.67 bits per heavy atom. The first kappa shape index (κ1) is 8.26. The fourth-order valence-corrected chi connectivity index (χ4v) is 0.705. The molecule has 0 saturated heterocycles. The van der Waals surface area contributed by atoms with Gasteiger partial charge in [-0.3, -0.25) is 0 Å². The van der Waals surface area contributed by atoms with Crippen LogP contribution in [-0.2, 0) is 4.84 Å². The van der Waals surface area contributed by atoms with Crippen LogP contribution in [0.3, 0.4) is 0 Å². The highest BCUT2D eigenvalue weighted by Gasteiger charge is 2.03. The molecule has 0 amide bonds. The monoisotopic (exact) mass is 164 g/mol. The Morgan fingerprint density at radius 2 is 2.08 bits per heavy atom. The molecule has 0 aliphatic rings. The number of oxime groups is 1. The Kier molecular flexibility index (Phi) is 2.84. The standard InChI is InChI=1S/C8H8N2O2/c9-6-10-12-8(11)7-4-2-1-3-5-7/h1-6H,(H2,9,10). The fourth-order valence-electron chi connectivity index (χ4n) is 0.705. The van der Waals surface area contributed by atoms with Crippen LogP contribution >= 0.6 is 0 Å². The van der Waals surface area contributed by atoms with Crippen molar-refractivity contribution in [2.75, 3.05) is 0 Å². The quantitative estimate of drug-likeness (QED) is 0.303. The summed E-state index contributed by atoms with van der Waals surface area (Å²) in [6, 6.07) is 8.55. The van der Waals surface area contributed by atoms with Gasteiger partial charge in [-0.05, 0) is 12.1 Å². The lowest BCUT2D eigenvalue weighted by Gasteiger charge is -1.94. The molecule has 12 heavy (non-hydrogen) atoms. The largest absolute Gasteiger partial charge is 0.387 e. The van der Waals surface area contributed by atoms with Crippen molar-refractivity contribution in [3.8, 4) is 0 Å². The SMILES string of the molecule is N/C=N/OC(=O)c1ccccc1. The van der Waals surface area contributed by atoms with Gasteiger partial charge in [-0.2, -0.15) is 0 Å². The summed E-state index contributed by atoms with van der Waals surface area (Å²) in [5, 5.41) is 3.15. The molecule has 0 spiro atoms. The van der Waals surface area contributed by atoms with Crippen molar-refractivity contribution in [2.45, 2.75) is 0 Å². The normalized spacial score (nSPS) is 10.0. The summed E-state index contributed by atoms with van der Waals surface area (Å²) in [7, 11) is 0. The van der Waals surface area contributed by atoms with E-state index in [1.165, 1.54) is 0 Å². The average Bonchev–Trinajstić information content (AvgIpc) is 2.15. The van der Waals surface area contributed by atoms with Crippen molar-refractivity contribution in [3.05, 3.63) is 35.9 Å². The molecular formula is C8H8N2O2. The van der Waals surface area contributed by atoms with E-state index in [0.29, 0.717) is 5.56 Å². The highest BCUT2D eigenvalue weighted by Crippen LogP contribution is 2.00. The smallest absolute Gasteiger partial charge is 0.365 e. The number of nitrogens with zero attached hydrogens (tertiary/aromatic N) is 1. The van der Waals surface area contributed by atoms with E-state index in [1.807, 2.05) is 6.07 Å². The molecule has 0 heterocycles. The number of hydrogen-bond donors (Lipinski definition) is 1. The molecule has 0 unspecified atom stereocenters. The molecule has 62 valence electrons. The summed E-state index contributed by atoms with van der Waals surface area (Å²) >= 11 is 0. The summed E-state index contributed by atoms with van der Waals surface area (Å²) in [6.07, 6.45) is 0.918. The van der Waals surface area contributed by atoms with E-state index in [0.717, 1.165) is 6.34 Å². The molecule has 4 heteroatoms. The third-order valence-electron chi connectivity index (χ3n) is 1.21. The van der Waals surface area contributed by atoms with E-state index in [1.54, 1.807) is 24.3 Å². The zero-order valence-corrected chi connectivity index (χ0v) is 6.31. The molecule has 0 aliphatic heterocycles. The van der Waals surface area contributed by atoms with Crippen molar-refractivity contribution >= 4 is 12.3 Å². The Balaban J connectivity index is 2.66. The van der Waals surface area contributed by atoms with Crippen molar-refractivity contribution < 1.29 is 9.63 Å². The molecular weight excluding hydrogens is 156 g/mol. The van der Waals surface area contributed by atoms with E-state index in [4.69, 9.17) is 5.73 Å². The third kappa shape index (κ3) is 2.09. The van der Waals surface area contributed by atoms with Crippen molar-refractivity contribution in [1.29, 1.82) is 0 Å². The van der Waals surface area contributed by atoms with Crippen LogP contribution in [0.4, 0.5) is 0 Å². The van der Waals surface area contributed by atoms with E-state index >= 15 is 0 Å². The van der Waals surface area contributed by atoms with Crippen LogP contribution in [0.2, 0.25) is 0 Å². The summed E-state index contributed by atoms with van der Waals surface area (Å²) in [5.74, 6) is -0.516. The minimum Gasteiger partial charge on any atom is -0.387 e. The molecule has 0 radical (unpaired) electrons. The predicted molar refractivity (Wildman–Crippen MR) is 44.5 cm³/mol. The number of carbonyl (C=O) groups is 1. The van der Waals surface area contributed by atoms with E-state index < -0.39 is 5.97 Å². The molecule has 4 nitrogen and oxygen atoms in total. The minimum atomic E-state index is -0.516. The van der Waals surface area contributed by atoms with Crippen molar-refractivity contribution in [1.82, 2.24) is 0 Å². The van der Waals surface area contributed by atoms with Crippen molar-refractivity contribution in [3.63, 3.8) is 0 Å². The summed E-state index contributed by atoms with van der Waals surface area (Å²) in [5.41, 5.74) is 5.33. The van der Waals surface area contributed by atoms with Gasteiger partial charge in [-0.1, -0.05) is 23.4 Å². The molecule has 0 bridgehead atoms. The Labute approximate surface area is 69.6 Å². The number of benzene rings is 1. The zero-order valence-electron chi connectivity index (χ0n) is 6.31. The van der Waals surface area contributed by atoms with Gasteiger partial charge in [0.25, 0.3) is 0 Å². The highest BCUT2D eigenvalue weighted by atomic mass is 16.7. The van der Waals surface area contributed by atoms with Crippen LogP contribution in [0.1, 0.15) is 10.4 Å². The number of hydrogen-bond acceptors (Lipinski definition) is 3. The van der Waals surface area contributed by atoms with E-state index in [-0.39, 0.29) is 0 Å². The van der Waals surface area contributed by atoms with E-state index in [2.05, 4.69) is 9.99 Å². The third-order valence-corrected chi connectivity index (χ3v) is 1.21. The van der Waals surface area contributed by atoms with Gasteiger partial charge in [0.05, 0.1) is 5.56 Å². The van der Waals surface area contributed by atoms with Crippen LogP contribution in [0.25, 0.3) is 0 Å². The zero-order chi connectivity index (χ0) is 8.81. The minimum absolute atomic E-state index is 0.447. The summed E-state index contributed by atoms with van der Waals surface area (Å²) in [6.45, 7) is 0. The Morgan fingerprint density at radius 1 is 1.42 bits per heavy atom. The summed E-state index contributed by atoms with van der Waals surface area (Å²) < 4.78 is 0. The Hall–Kier alpha value is -1.84. The van der Waals surface area contributed by atoms with Gasteiger partial charge in [-0.15, -0.1) is 0 Å². The average molecular weight is 164 g/mol. The van der Waals surface area contributed by atoms with Gasteiger partial charge in [0, 0.05) is 0 Å². The second-order valence-corrected chi connectivity index (χ2v) is 2.00. The van der Waals surface area contributed by atoms with Crippen LogP contribution in [0, 0.1) is 0 Å². The van der Waals surface area contributed by atoms with Gasteiger partial charge in [-0.25, -0.2) is 4.79 Å². The number of carbonyl (C=O) groups excluding carboxylic acids is 1. The van der Waals surface area contributed by atoms with Gasteiger partial charge >= 0.3 is 5.97 Å². The highest BCUT2D eigenvalue weighted by molar-refractivity contribution is 5.89. The van der Waals surface area contributed by atoms with Gasteiger partial charge in [0.2, 0.25) is 0 Å². The lowest BCUT2D eigenvalue weighted by molar-refractivity contribution is 0.0518. The molecule has 1 aromatic carbocycles. The molecule has 0 fully saturated rings. The van der Waals surface area contributed by atoms with Crippen LogP contribution < -0.4 is 5.73 Å². The maximum atomic E-state index is 11.0. The number of rotatable bonds is 2. The topological polar surface area (TPSA) is 64.7 Å². The fraction of sp³-hybridized carbons (Fsp3) is 0. The first-order valence-corrected chi connectivity index (χ1v) is 3.34. The van der Waals surface area contributed by atoms with Crippen LogP contribution in [-0.4, -0.2) is 12.3 Å². The lowest BCUT2D eigenvalue weighted by atomic mass is 10.2. The molecule has 0 aromatic heterocycles. The number of nitrogens with two attached hydrogens (primary N) is 1. The molecule has 0 aliphatic carbocycles. The maximum Gasteiger partial charge on any atom is 0.365 e. The molecule has 2 N–H and O–H groups in total. The molecule has 0 saturated carbocycles. The molecule has 1 rings (SSSR count). The van der Waals surface area contributed by atoms with Gasteiger partial charge < -0.3 is 10.6 Å². The van der Waals surface area contributed by atoms with Crippen LogP contribution in [0.5, 0.6) is 0 Å². The molecule has 1 aromatic rings. The molecule has 0 atom stereocenters. The second kappa shape index (κ2) is 4.12. The lowest BCUT2D eigenvalue weighted by Crippen LogP contribution is -2.01. The summed E-state index contributed by atoms with van der Waals surface area (Å²) in [4.78, 5) is 15.4. The first-order chi connectivity index (χ1) is 5.84. The van der Waals surface area contributed by atoms with E-state index in [9.17, 15) is 4.79 Å². The van der Waals surface area contributed by atoms with Crippen LogP contribution in [0.15, 0.2) is 35.5 Å². The first-order valence-electron chi connectivity index (χ1n) is 3.34. The Bertz CT molecular complexity index is 282. The van der Waals surface area contributed by atoms with Crippen molar-refractivity contribution in [2.24, 2.45) is 10.9 Å².